The molecule has 9 atom stereocenters. The van der Waals surface area contributed by atoms with Crippen LogP contribution in [0, 0.1) is 0 Å². The lowest BCUT2D eigenvalue weighted by molar-refractivity contribution is -0.279. The van der Waals surface area contributed by atoms with E-state index in [9.17, 15) is 0 Å². The van der Waals surface area contributed by atoms with E-state index in [0.29, 0.717) is 59.3 Å². The van der Waals surface area contributed by atoms with Crippen molar-refractivity contribution in [1.82, 2.24) is 0 Å². The zero-order valence-corrected chi connectivity index (χ0v) is 31.9. The van der Waals surface area contributed by atoms with Gasteiger partial charge in [-0.15, -0.1) is 11.8 Å². The van der Waals surface area contributed by atoms with Gasteiger partial charge in [-0.3, -0.25) is 0 Å². The largest absolute Gasteiger partial charge is 0.379 e. The van der Waals surface area contributed by atoms with Crippen LogP contribution in [-0.4, -0.2) is 114 Å². The van der Waals surface area contributed by atoms with Crippen molar-refractivity contribution in [3.05, 3.63) is 0 Å². The Morgan fingerprint density at radius 2 is 1.00 bits per heavy atom. The molecule has 10 heteroatoms. The summed E-state index contributed by atoms with van der Waals surface area (Å²) in [6, 6.07) is 0. The van der Waals surface area contributed by atoms with Gasteiger partial charge in [0.25, 0.3) is 0 Å². The Morgan fingerprint density at radius 3 is 1.53 bits per heavy atom. The highest BCUT2D eigenvalue weighted by Crippen LogP contribution is 2.41. The minimum Gasteiger partial charge on any atom is -0.379 e. The average Bonchev–Trinajstić information content (AvgIpc) is 3.08. The maximum absolute atomic E-state index is 6.91. The van der Waals surface area contributed by atoms with Gasteiger partial charge in [0.05, 0.1) is 30.7 Å². The van der Waals surface area contributed by atoms with E-state index in [4.69, 9.17) is 42.6 Å². The van der Waals surface area contributed by atoms with E-state index in [1.54, 1.807) is 18.9 Å². The van der Waals surface area contributed by atoms with E-state index in [2.05, 4.69) is 41.5 Å². The second-order valence-corrected chi connectivity index (χ2v) is 14.2. The van der Waals surface area contributed by atoms with Gasteiger partial charge >= 0.3 is 0 Å². The van der Waals surface area contributed by atoms with Crippen molar-refractivity contribution < 1.29 is 42.6 Å². The van der Waals surface area contributed by atoms with Gasteiger partial charge in [-0.2, -0.15) is 0 Å². The fraction of sp³-hybridized carbons (Fsp3) is 1.00. The molecule has 2 saturated heterocycles. The number of unbranched alkanes of at least 4 members (excludes halogenated alkanes) is 6. The molecule has 0 aromatic carbocycles. The van der Waals surface area contributed by atoms with Crippen molar-refractivity contribution >= 4 is 11.8 Å². The number of hydrogen-bond acceptors (Lipinski definition) is 10. The summed E-state index contributed by atoms with van der Waals surface area (Å²) in [5.74, 6) is 0. The van der Waals surface area contributed by atoms with Gasteiger partial charge in [-0.25, -0.2) is 0 Å². The van der Waals surface area contributed by atoms with Gasteiger partial charge in [-0.05, 0) is 38.5 Å². The first-order valence-corrected chi connectivity index (χ1v) is 20.1. The lowest BCUT2D eigenvalue weighted by Crippen LogP contribution is -2.61. The lowest BCUT2D eigenvalue weighted by Gasteiger charge is -2.48. The molecule has 9 nitrogen and oxygen atoms in total. The molecule has 2 fully saturated rings. The predicted octanol–water partition coefficient (Wildman–Crippen LogP) is 7.95. The van der Waals surface area contributed by atoms with Crippen LogP contribution in [0.2, 0.25) is 0 Å². The SMILES string of the molecule is CCCCOCC1O[C@H](OC)C(OCCCC)C(OCCCC)[C@H]1S[C@H]1C[C@@H](OCCCC)[C@H](OCCCC)C(COCCCC)O1. The van der Waals surface area contributed by atoms with E-state index < -0.39 is 6.29 Å². The highest BCUT2D eigenvalue weighted by atomic mass is 32.2. The Kier molecular flexibility index (Phi) is 25.4. The molecule has 0 spiro atoms. The summed E-state index contributed by atoms with van der Waals surface area (Å²) in [6.07, 6.45) is 11.3. The second kappa shape index (κ2) is 27.7. The standard InChI is InChI=1S/C37H72O9S/c1-8-14-20-39-27-30-33(42-23-17-11-4)29(41-22-16-10-3)26-32(45-30)47-36-31(28-40-21-15-9-2)46-37(38-7)35(44-25-19-13-6)34(36)43-24-18-12-5/h29-37H,8-28H2,1-7H3/t29-,30?,31?,32+,33+,34?,35?,36+,37+/m1/s1. The van der Waals surface area contributed by atoms with Gasteiger partial charge in [0.1, 0.15) is 29.9 Å². The van der Waals surface area contributed by atoms with E-state index >= 15 is 0 Å². The molecule has 2 rings (SSSR count). The molecule has 0 radical (unpaired) electrons. The first kappa shape index (κ1) is 43.2. The van der Waals surface area contributed by atoms with Crippen molar-refractivity contribution in [3.63, 3.8) is 0 Å². The minimum atomic E-state index is -0.538. The zero-order valence-electron chi connectivity index (χ0n) is 31.1. The van der Waals surface area contributed by atoms with E-state index in [1.807, 2.05) is 0 Å². The normalized spacial score (nSPS) is 29.8. The third kappa shape index (κ3) is 16.3. The van der Waals surface area contributed by atoms with Crippen molar-refractivity contribution in [2.75, 3.05) is 60.0 Å². The minimum absolute atomic E-state index is 0.0871. The van der Waals surface area contributed by atoms with Crippen LogP contribution in [0.15, 0.2) is 0 Å². The van der Waals surface area contributed by atoms with Crippen molar-refractivity contribution in [3.8, 4) is 0 Å². The molecule has 0 N–H and O–H groups in total. The average molecular weight is 693 g/mol. The number of hydrogen-bond donors (Lipinski definition) is 0. The highest BCUT2D eigenvalue weighted by Gasteiger charge is 2.50. The van der Waals surface area contributed by atoms with E-state index in [1.165, 1.54) is 0 Å². The molecule has 0 aromatic heterocycles. The summed E-state index contributed by atoms with van der Waals surface area (Å²) in [5.41, 5.74) is -0.160. The van der Waals surface area contributed by atoms with Crippen LogP contribution in [0.1, 0.15) is 125 Å². The first-order valence-electron chi connectivity index (χ1n) is 19.2. The number of ether oxygens (including phenoxy) is 9. The molecule has 0 amide bonds. The highest BCUT2D eigenvalue weighted by molar-refractivity contribution is 8.00. The Bertz CT molecular complexity index is 719. The third-order valence-corrected chi connectivity index (χ3v) is 10.2. The van der Waals surface area contributed by atoms with Crippen LogP contribution >= 0.6 is 11.8 Å². The molecule has 0 aliphatic carbocycles. The van der Waals surface area contributed by atoms with Crippen LogP contribution in [0.3, 0.4) is 0 Å². The van der Waals surface area contributed by atoms with Crippen LogP contribution in [0.5, 0.6) is 0 Å². The van der Waals surface area contributed by atoms with Crippen LogP contribution in [0.25, 0.3) is 0 Å². The maximum Gasteiger partial charge on any atom is 0.186 e. The molecule has 2 aliphatic heterocycles. The predicted molar refractivity (Wildman–Crippen MR) is 190 cm³/mol. The zero-order chi connectivity index (χ0) is 34.1. The molecule has 2 aliphatic rings. The lowest BCUT2D eigenvalue weighted by atomic mass is 10.0. The fourth-order valence-electron chi connectivity index (χ4n) is 5.76. The van der Waals surface area contributed by atoms with Gasteiger partial charge < -0.3 is 42.6 Å². The van der Waals surface area contributed by atoms with Crippen molar-refractivity contribution in [2.24, 2.45) is 0 Å². The van der Waals surface area contributed by atoms with E-state index in [0.717, 1.165) is 77.0 Å². The molecule has 0 aromatic rings. The molecular weight excluding hydrogens is 620 g/mol. The molecule has 2 heterocycles. The summed E-state index contributed by atoms with van der Waals surface area (Å²) in [4.78, 5) is 0. The van der Waals surface area contributed by atoms with Crippen molar-refractivity contribution in [1.29, 1.82) is 0 Å². The molecule has 47 heavy (non-hydrogen) atoms. The molecule has 0 saturated carbocycles. The monoisotopic (exact) mass is 692 g/mol. The first-order chi connectivity index (χ1) is 23.1. The summed E-state index contributed by atoms with van der Waals surface area (Å²) in [6.45, 7) is 18.2. The number of methoxy groups -OCH3 is 1. The smallest absolute Gasteiger partial charge is 0.186 e. The summed E-state index contributed by atoms with van der Waals surface area (Å²) in [5, 5.41) is -0.0907. The molecule has 4 unspecified atom stereocenters. The maximum atomic E-state index is 6.91. The summed E-state index contributed by atoms with van der Waals surface area (Å²) >= 11 is 1.78. The van der Waals surface area contributed by atoms with Crippen LogP contribution in [-0.2, 0) is 42.6 Å². The summed E-state index contributed by atoms with van der Waals surface area (Å²) < 4.78 is 58.2. The Balaban J connectivity index is 2.39. The van der Waals surface area contributed by atoms with Crippen LogP contribution in [0.4, 0.5) is 0 Å². The Hall–Kier alpha value is -0.0100. The van der Waals surface area contributed by atoms with Crippen molar-refractivity contribution in [2.45, 2.75) is 179 Å². The quantitative estimate of drug-likeness (QED) is 0.0721. The molecular formula is C37H72O9S. The molecule has 280 valence electrons. The van der Waals surface area contributed by atoms with Gasteiger partial charge in [0.2, 0.25) is 0 Å². The van der Waals surface area contributed by atoms with Crippen LogP contribution < -0.4 is 0 Å². The Morgan fingerprint density at radius 1 is 0.532 bits per heavy atom. The third-order valence-electron chi connectivity index (χ3n) is 8.72. The van der Waals surface area contributed by atoms with Gasteiger partial charge in [0, 0.05) is 53.2 Å². The summed E-state index contributed by atoms with van der Waals surface area (Å²) in [7, 11) is 1.69. The van der Waals surface area contributed by atoms with Gasteiger partial charge in [0.15, 0.2) is 6.29 Å². The molecule has 0 bridgehead atoms. The Labute approximate surface area is 292 Å². The number of rotatable bonds is 29. The van der Waals surface area contributed by atoms with Gasteiger partial charge in [-0.1, -0.05) is 80.1 Å². The fourth-order valence-corrected chi connectivity index (χ4v) is 7.32. The second-order valence-electron chi connectivity index (χ2n) is 12.9. The number of thioether (sulfide) groups is 1. The topological polar surface area (TPSA) is 83.1 Å². The van der Waals surface area contributed by atoms with E-state index in [-0.39, 0.29) is 47.3 Å².